The molecule has 1 aromatic carbocycles. The minimum Gasteiger partial charge on any atom is -0.439 e. The fourth-order valence-electron chi connectivity index (χ4n) is 5.47. The van der Waals surface area contributed by atoms with Gasteiger partial charge in [-0.05, 0) is 37.2 Å². The number of anilines is 1. The topological polar surface area (TPSA) is 122 Å². The number of hydrogen-bond acceptors (Lipinski definition) is 8. The van der Waals surface area contributed by atoms with Crippen molar-refractivity contribution in [1.82, 2.24) is 20.9 Å². The first-order valence-electron chi connectivity index (χ1n) is 12.5. The number of ketones is 1. The van der Waals surface area contributed by atoms with E-state index in [4.69, 9.17) is 9.47 Å². The Morgan fingerprint density at radius 3 is 2.82 bits per heavy atom. The molecule has 5 atom stereocenters. The highest BCUT2D eigenvalue weighted by Crippen LogP contribution is 2.48. The summed E-state index contributed by atoms with van der Waals surface area (Å²) in [4.78, 5) is 45.5. The molecule has 0 bridgehead atoms. The molecular weight excluding hydrogens is 506 g/mol. The lowest BCUT2D eigenvalue weighted by atomic mass is 9.86. The van der Waals surface area contributed by atoms with Crippen LogP contribution in [-0.2, 0) is 14.3 Å². The Morgan fingerprint density at radius 2 is 2.05 bits per heavy atom. The van der Waals surface area contributed by atoms with Gasteiger partial charge in [-0.3, -0.25) is 14.5 Å². The van der Waals surface area contributed by atoms with Gasteiger partial charge in [0.1, 0.15) is 5.75 Å². The van der Waals surface area contributed by atoms with Crippen LogP contribution in [0.3, 0.4) is 0 Å². The highest BCUT2D eigenvalue weighted by molar-refractivity contribution is 8.04. The molecule has 2 aromatic rings. The lowest BCUT2D eigenvalue weighted by Crippen LogP contribution is -2.62. The highest BCUT2D eigenvalue weighted by Gasteiger charge is 2.52. The summed E-state index contributed by atoms with van der Waals surface area (Å²) in [6, 6.07) is 12.0. The molecule has 0 saturated carbocycles. The third-order valence-corrected chi connectivity index (χ3v) is 8.63. The molecule has 0 radical (unpaired) electrons. The first kappa shape index (κ1) is 24.7. The van der Waals surface area contributed by atoms with E-state index in [1.54, 1.807) is 17.2 Å². The van der Waals surface area contributed by atoms with Crippen LogP contribution < -0.4 is 25.6 Å². The minimum absolute atomic E-state index is 0.0633. The smallest absolute Gasteiger partial charge is 0.326 e. The third-order valence-electron chi connectivity index (χ3n) is 7.28. The number of pyridine rings is 1. The van der Waals surface area contributed by atoms with Gasteiger partial charge in [-0.2, -0.15) is 0 Å². The van der Waals surface area contributed by atoms with Gasteiger partial charge in [-0.15, -0.1) is 0 Å². The van der Waals surface area contributed by atoms with Crippen LogP contribution in [0, 0.1) is 11.8 Å². The van der Waals surface area contributed by atoms with Gasteiger partial charge >= 0.3 is 6.03 Å². The first-order chi connectivity index (χ1) is 18.5. The zero-order valence-corrected chi connectivity index (χ0v) is 21.3. The van der Waals surface area contributed by atoms with Gasteiger partial charge in [0.15, 0.2) is 5.78 Å². The fraction of sp³-hybridized carbons (Fsp3) is 0.333. The minimum atomic E-state index is -0.459. The van der Waals surface area contributed by atoms with Crippen LogP contribution in [0.1, 0.15) is 6.42 Å². The molecule has 0 aliphatic carbocycles. The number of rotatable bonds is 7. The molecule has 3 saturated heterocycles. The number of benzene rings is 1. The molecule has 6 rings (SSSR count). The molecular formula is C27H27N5O5S. The van der Waals surface area contributed by atoms with E-state index in [0.717, 1.165) is 6.42 Å². The zero-order chi connectivity index (χ0) is 26.2. The number of carbonyl (C=O) groups excluding carboxylic acids is 3. The largest absolute Gasteiger partial charge is 0.439 e. The van der Waals surface area contributed by atoms with E-state index in [-0.39, 0.29) is 48.3 Å². The molecule has 3 N–H and O–H groups in total. The number of nitrogens with zero attached hydrogens (tertiary/aromatic N) is 2. The van der Waals surface area contributed by atoms with Gasteiger partial charge in [-0.25, -0.2) is 9.78 Å². The molecule has 38 heavy (non-hydrogen) atoms. The van der Waals surface area contributed by atoms with Crippen LogP contribution in [-0.4, -0.2) is 59.9 Å². The normalized spacial score (nSPS) is 27.9. The maximum Gasteiger partial charge on any atom is 0.326 e. The fourth-order valence-corrected chi connectivity index (χ4v) is 6.87. The van der Waals surface area contributed by atoms with Crippen LogP contribution in [0.15, 0.2) is 71.9 Å². The Labute approximate surface area is 223 Å². The molecule has 11 heteroatoms. The summed E-state index contributed by atoms with van der Waals surface area (Å²) in [5, 5.41) is 9.36. The van der Waals surface area contributed by atoms with Gasteiger partial charge < -0.3 is 25.4 Å². The summed E-state index contributed by atoms with van der Waals surface area (Å²) in [5.41, 5.74) is 1.28. The van der Waals surface area contributed by atoms with E-state index in [0.29, 0.717) is 34.5 Å². The lowest BCUT2D eigenvalue weighted by Gasteiger charge is -2.45. The molecule has 3 fully saturated rings. The van der Waals surface area contributed by atoms with Gasteiger partial charge in [0.2, 0.25) is 5.88 Å². The summed E-state index contributed by atoms with van der Waals surface area (Å²) in [6.45, 7) is 4.76. The molecule has 4 aliphatic rings. The molecule has 196 valence electrons. The predicted molar refractivity (Wildman–Crippen MR) is 142 cm³/mol. The monoisotopic (exact) mass is 533 g/mol. The Bertz CT molecular complexity index is 1300. The number of allylic oxidation sites excluding steroid dienone is 1. The van der Waals surface area contributed by atoms with E-state index < -0.39 is 12.0 Å². The number of amides is 3. The lowest BCUT2D eigenvalue weighted by molar-refractivity contribution is -0.120. The molecule has 10 nitrogen and oxygen atoms in total. The number of hydrogen-bond donors (Lipinski definition) is 3. The molecule has 0 spiro atoms. The van der Waals surface area contributed by atoms with Crippen LogP contribution in [0.5, 0.6) is 11.6 Å². The van der Waals surface area contributed by atoms with Crippen LogP contribution in [0.4, 0.5) is 10.5 Å². The predicted octanol–water partition coefficient (Wildman–Crippen LogP) is 2.55. The molecule has 3 unspecified atom stereocenters. The first-order valence-corrected chi connectivity index (χ1v) is 13.4. The van der Waals surface area contributed by atoms with Crippen molar-refractivity contribution in [2.24, 2.45) is 11.8 Å². The second-order valence-electron chi connectivity index (χ2n) is 9.52. The average molecular weight is 534 g/mol. The van der Waals surface area contributed by atoms with E-state index in [1.807, 2.05) is 36.4 Å². The Morgan fingerprint density at radius 1 is 1.21 bits per heavy atom. The Balaban J connectivity index is 1.22. The van der Waals surface area contributed by atoms with Gasteiger partial charge in [0.25, 0.3) is 5.91 Å². The van der Waals surface area contributed by atoms with Crippen molar-refractivity contribution in [3.05, 3.63) is 71.9 Å². The summed E-state index contributed by atoms with van der Waals surface area (Å²) < 4.78 is 11.2. The average Bonchev–Trinajstić information content (AvgIpc) is 3.55. The van der Waals surface area contributed by atoms with E-state index in [1.165, 1.54) is 17.8 Å². The quantitative estimate of drug-likeness (QED) is 0.465. The number of nitrogens with one attached hydrogen (secondary N) is 3. The van der Waals surface area contributed by atoms with E-state index in [2.05, 4.69) is 27.5 Å². The number of carbonyl (C=O) groups is 3. The summed E-state index contributed by atoms with van der Waals surface area (Å²) in [6.07, 6.45) is 3.62. The standard InChI is InChI=1S/C27H27N5O5S/c1-2-20(33)17-13-36-14-18(17)30-25(34)24-23-22-19(10-11-28-26(22)38-24)32(27(35)31-23)15-8-9-21(29-12-15)37-16-6-4-3-5-7-16/h2-9,12,17-19,22,26,28H,1,10-11,13-14H2,(H,30,34)(H,31,35)/t17-,18-,19?,22?,26?/m1/s1. The second-order valence-corrected chi connectivity index (χ2v) is 10.7. The van der Waals surface area contributed by atoms with E-state index in [9.17, 15) is 14.4 Å². The number of piperidine rings is 1. The van der Waals surface area contributed by atoms with Crippen molar-refractivity contribution in [3.8, 4) is 11.6 Å². The van der Waals surface area contributed by atoms with Crippen LogP contribution in [0.25, 0.3) is 0 Å². The van der Waals surface area contributed by atoms with Crippen molar-refractivity contribution >= 4 is 35.2 Å². The van der Waals surface area contributed by atoms with Crippen molar-refractivity contribution in [2.75, 3.05) is 24.7 Å². The van der Waals surface area contributed by atoms with Gasteiger partial charge in [0, 0.05) is 17.7 Å². The number of urea groups is 1. The van der Waals surface area contributed by atoms with Crippen LogP contribution in [0.2, 0.25) is 0 Å². The SMILES string of the molecule is C=CC(=O)[C@@H]1COC[C@H]1NC(=O)C1=C2NC(=O)N(c3ccc(Oc4ccccc4)nc3)C3CCNC(S1)C23. The molecule has 1 aromatic heterocycles. The maximum atomic E-state index is 13.4. The second kappa shape index (κ2) is 10.2. The van der Waals surface area contributed by atoms with Crippen molar-refractivity contribution in [3.63, 3.8) is 0 Å². The Hall–Kier alpha value is -3.67. The molecule has 5 heterocycles. The number of para-hydroxylation sites is 1. The van der Waals surface area contributed by atoms with Crippen molar-refractivity contribution in [2.45, 2.75) is 23.9 Å². The van der Waals surface area contributed by atoms with Gasteiger partial charge in [0.05, 0.1) is 53.4 Å². The Kier molecular flexibility index (Phi) is 6.64. The summed E-state index contributed by atoms with van der Waals surface area (Å²) in [5.74, 6) is 0.0842. The summed E-state index contributed by atoms with van der Waals surface area (Å²) in [7, 11) is 0. The number of aromatic nitrogens is 1. The third kappa shape index (κ3) is 4.46. The van der Waals surface area contributed by atoms with Crippen molar-refractivity contribution in [1.29, 1.82) is 0 Å². The molecule has 4 aliphatic heterocycles. The van der Waals surface area contributed by atoms with Gasteiger partial charge in [-0.1, -0.05) is 36.5 Å². The maximum absolute atomic E-state index is 13.4. The van der Waals surface area contributed by atoms with Crippen molar-refractivity contribution < 1.29 is 23.9 Å². The van der Waals surface area contributed by atoms with Crippen LogP contribution >= 0.6 is 11.8 Å². The summed E-state index contributed by atoms with van der Waals surface area (Å²) >= 11 is 1.41. The zero-order valence-electron chi connectivity index (χ0n) is 20.5. The number of thioether (sulfide) groups is 1. The highest BCUT2D eigenvalue weighted by atomic mass is 32.2. The number of ether oxygens (including phenoxy) is 2. The molecule has 3 amide bonds. The van der Waals surface area contributed by atoms with E-state index >= 15 is 0 Å².